The van der Waals surface area contributed by atoms with Crippen LogP contribution in [0, 0.1) is 10.8 Å². The van der Waals surface area contributed by atoms with Gasteiger partial charge in [0.25, 0.3) is 0 Å². The molecule has 182 valence electrons. The van der Waals surface area contributed by atoms with Gasteiger partial charge in [-0.25, -0.2) is 9.59 Å². The predicted molar refractivity (Wildman–Crippen MR) is 114 cm³/mol. The molecular weight excluding hydrogens is 426 g/mol. The number of aliphatic hydroxyl groups is 6. The second kappa shape index (κ2) is 14.6. The molecule has 0 aliphatic carbocycles. The van der Waals surface area contributed by atoms with E-state index in [0.29, 0.717) is 0 Å². The van der Waals surface area contributed by atoms with Gasteiger partial charge < -0.3 is 45.8 Å². The summed E-state index contributed by atoms with van der Waals surface area (Å²) >= 11 is 0. The fraction of sp³-hybridized carbons (Fsp3) is 0.524. The average Bonchev–Trinajstić information content (AvgIpc) is 2.80. The molecule has 11 nitrogen and oxygen atoms in total. The number of ether oxygens (including phenoxy) is 2. The van der Waals surface area contributed by atoms with Crippen LogP contribution in [-0.2, 0) is 14.3 Å². The Labute approximate surface area is 186 Å². The van der Waals surface area contributed by atoms with Crippen molar-refractivity contribution in [3.8, 4) is 0 Å². The smallest absolute Gasteiger partial charge is 0.348 e. The van der Waals surface area contributed by atoms with Crippen LogP contribution in [0.3, 0.4) is 0 Å². The van der Waals surface area contributed by atoms with Crippen LogP contribution in [-0.4, -0.2) is 95.4 Å². The number of nitrogens with two attached hydrogens (primary N) is 1. The SMILES string of the molecule is C=C(C)C(=O)OC(=O)c1ccccc1N.OCC(CO)(CO)COCC(CO)(CO)CO. The molecule has 0 aliphatic rings. The third-order valence-corrected chi connectivity index (χ3v) is 4.54. The van der Waals surface area contributed by atoms with Crippen molar-refractivity contribution in [3.63, 3.8) is 0 Å². The highest BCUT2D eigenvalue weighted by molar-refractivity contribution is 6.04. The van der Waals surface area contributed by atoms with Crippen LogP contribution in [0.5, 0.6) is 0 Å². The highest BCUT2D eigenvalue weighted by Crippen LogP contribution is 2.19. The van der Waals surface area contributed by atoms with Crippen LogP contribution in [0.2, 0.25) is 0 Å². The Morgan fingerprint density at radius 1 is 0.875 bits per heavy atom. The number of carbonyl (C=O) groups excluding carboxylic acids is 2. The van der Waals surface area contributed by atoms with Crippen LogP contribution in [0.1, 0.15) is 17.3 Å². The van der Waals surface area contributed by atoms with E-state index in [1.54, 1.807) is 18.2 Å². The molecule has 1 rings (SSSR count). The summed E-state index contributed by atoms with van der Waals surface area (Å²) in [5.74, 6) is -1.51. The molecule has 1 aromatic carbocycles. The van der Waals surface area contributed by atoms with E-state index in [4.69, 9.17) is 41.1 Å². The molecule has 0 fully saturated rings. The molecule has 0 saturated carbocycles. The van der Waals surface area contributed by atoms with E-state index in [2.05, 4.69) is 11.3 Å². The van der Waals surface area contributed by atoms with Crippen molar-refractivity contribution in [2.75, 3.05) is 58.6 Å². The van der Waals surface area contributed by atoms with Gasteiger partial charge in [-0.15, -0.1) is 0 Å². The fourth-order valence-electron chi connectivity index (χ4n) is 1.97. The van der Waals surface area contributed by atoms with E-state index in [1.807, 2.05) is 0 Å². The topological polar surface area (TPSA) is 200 Å². The van der Waals surface area contributed by atoms with Crippen molar-refractivity contribution in [1.29, 1.82) is 0 Å². The first-order valence-corrected chi connectivity index (χ1v) is 9.59. The zero-order valence-electron chi connectivity index (χ0n) is 18.1. The molecule has 0 aliphatic heterocycles. The lowest BCUT2D eigenvalue weighted by Crippen LogP contribution is -2.43. The first kappa shape index (κ1) is 29.6. The lowest BCUT2D eigenvalue weighted by Gasteiger charge is -2.31. The molecule has 0 bridgehead atoms. The van der Waals surface area contributed by atoms with Crippen molar-refractivity contribution in [2.45, 2.75) is 6.92 Å². The molecule has 0 amide bonds. The number of nitrogen functional groups attached to an aromatic ring is 1. The van der Waals surface area contributed by atoms with Gasteiger partial charge in [-0.1, -0.05) is 18.7 Å². The van der Waals surface area contributed by atoms with Crippen LogP contribution < -0.4 is 5.73 Å². The number of carbonyl (C=O) groups is 2. The van der Waals surface area contributed by atoms with Crippen molar-refractivity contribution < 1.29 is 49.7 Å². The molecule has 11 heteroatoms. The minimum absolute atomic E-state index is 0.141. The number of hydrogen-bond acceptors (Lipinski definition) is 11. The third kappa shape index (κ3) is 9.01. The molecule has 0 aromatic heterocycles. The van der Waals surface area contributed by atoms with Gasteiger partial charge in [0.15, 0.2) is 0 Å². The average molecular weight is 459 g/mol. The van der Waals surface area contributed by atoms with Crippen molar-refractivity contribution in [1.82, 2.24) is 0 Å². The molecule has 0 radical (unpaired) electrons. The largest absolute Gasteiger partial charge is 0.398 e. The Hall–Kier alpha value is -2.38. The van der Waals surface area contributed by atoms with Crippen molar-refractivity contribution in [3.05, 3.63) is 42.0 Å². The summed E-state index contributed by atoms with van der Waals surface area (Å²) in [7, 11) is 0. The summed E-state index contributed by atoms with van der Waals surface area (Å²) in [6.07, 6.45) is 0. The van der Waals surface area contributed by atoms with Gasteiger partial charge in [0.1, 0.15) is 0 Å². The van der Waals surface area contributed by atoms with Gasteiger partial charge in [0.05, 0.1) is 69.2 Å². The van der Waals surface area contributed by atoms with Crippen molar-refractivity contribution in [2.24, 2.45) is 10.8 Å². The number of esters is 2. The summed E-state index contributed by atoms with van der Waals surface area (Å²) in [5.41, 5.74) is 3.83. The number of para-hydroxylation sites is 1. The monoisotopic (exact) mass is 459 g/mol. The first-order valence-electron chi connectivity index (χ1n) is 9.59. The minimum Gasteiger partial charge on any atom is -0.398 e. The van der Waals surface area contributed by atoms with Crippen LogP contribution in [0.25, 0.3) is 0 Å². The third-order valence-electron chi connectivity index (χ3n) is 4.54. The normalized spacial score (nSPS) is 11.3. The molecule has 0 unspecified atom stereocenters. The summed E-state index contributed by atoms with van der Waals surface area (Å²) in [4.78, 5) is 22.5. The highest BCUT2D eigenvalue weighted by Gasteiger charge is 2.32. The van der Waals surface area contributed by atoms with Gasteiger partial charge in [-0.2, -0.15) is 0 Å². The quantitative estimate of drug-likeness (QED) is 0.0826. The molecule has 0 spiro atoms. The molecule has 1 aromatic rings. The lowest BCUT2D eigenvalue weighted by atomic mass is 9.91. The molecule has 0 saturated heterocycles. The zero-order chi connectivity index (χ0) is 24.8. The number of anilines is 1. The Balaban J connectivity index is 0.000000604. The summed E-state index contributed by atoms with van der Waals surface area (Å²) in [6, 6.07) is 6.37. The zero-order valence-corrected chi connectivity index (χ0v) is 18.1. The minimum atomic E-state index is -1.16. The second-order valence-electron chi connectivity index (χ2n) is 7.49. The Kier molecular flexibility index (Phi) is 13.5. The van der Waals surface area contributed by atoms with Gasteiger partial charge in [-0.3, -0.25) is 0 Å². The maximum atomic E-state index is 11.4. The summed E-state index contributed by atoms with van der Waals surface area (Å²) in [5, 5.41) is 54.2. The highest BCUT2D eigenvalue weighted by atomic mass is 16.6. The summed E-state index contributed by atoms with van der Waals surface area (Å²) in [6.45, 7) is 1.82. The van der Waals surface area contributed by atoms with Crippen LogP contribution >= 0.6 is 0 Å². The Bertz CT molecular complexity index is 693. The van der Waals surface area contributed by atoms with Crippen molar-refractivity contribution >= 4 is 17.6 Å². The molecule has 8 N–H and O–H groups in total. The lowest BCUT2D eigenvalue weighted by molar-refractivity contribution is -0.133. The molecule has 0 heterocycles. The standard InChI is InChI=1S/C11H11NO3.C10H22O7/c1-7(2)10(13)15-11(14)8-5-3-4-6-9(8)12;11-1-9(2-12,3-13)7-17-8-10(4-14,5-15)6-16/h3-6H,1,12H2,2H3;11-16H,1-8H2. The van der Waals surface area contributed by atoms with Gasteiger partial charge in [0, 0.05) is 11.3 Å². The number of aliphatic hydroxyl groups excluding tert-OH is 6. The van der Waals surface area contributed by atoms with Gasteiger partial charge in [-0.05, 0) is 19.1 Å². The van der Waals surface area contributed by atoms with Crippen LogP contribution in [0.15, 0.2) is 36.4 Å². The van der Waals surface area contributed by atoms with Gasteiger partial charge in [0.2, 0.25) is 0 Å². The number of hydrogen-bond donors (Lipinski definition) is 7. The van der Waals surface area contributed by atoms with Crippen LogP contribution in [0.4, 0.5) is 5.69 Å². The fourth-order valence-corrected chi connectivity index (χ4v) is 1.97. The maximum Gasteiger partial charge on any atom is 0.348 e. The van der Waals surface area contributed by atoms with E-state index in [1.165, 1.54) is 13.0 Å². The summed E-state index contributed by atoms with van der Waals surface area (Å²) < 4.78 is 9.67. The van der Waals surface area contributed by atoms with E-state index in [-0.39, 0.29) is 30.0 Å². The predicted octanol–water partition coefficient (Wildman–Crippen LogP) is -1.54. The molecule has 32 heavy (non-hydrogen) atoms. The van der Waals surface area contributed by atoms with E-state index in [9.17, 15) is 9.59 Å². The Morgan fingerprint density at radius 3 is 1.62 bits per heavy atom. The molecular formula is C21H33NO10. The van der Waals surface area contributed by atoms with E-state index < -0.39 is 62.4 Å². The van der Waals surface area contributed by atoms with Gasteiger partial charge >= 0.3 is 11.9 Å². The Morgan fingerprint density at radius 2 is 1.28 bits per heavy atom. The first-order chi connectivity index (χ1) is 15.1. The molecule has 0 atom stereocenters. The second-order valence-corrected chi connectivity index (χ2v) is 7.49. The number of benzene rings is 1. The van der Waals surface area contributed by atoms with E-state index in [0.717, 1.165) is 0 Å². The van der Waals surface area contributed by atoms with E-state index >= 15 is 0 Å². The maximum absolute atomic E-state index is 11.4. The number of rotatable bonds is 12.